The molecular weight excluding hydrogens is 608 g/mol. The van der Waals surface area contributed by atoms with E-state index in [2.05, 4.69) is 0 Å². The Morgan fingerprint density at radius 3 is 1.02 bits per heavy atom. The van der Waals surface area contributed by atoms with E-state index in [0.29, 0.717) is 0 Å². The van der Waals surface area contributed by atoms with Crippen molar-refractivity contribution >= 4 is 11.4 Å². The van der Waals surface area contributed by atoms with Crippen molar-refractivity contribution in [3.63, 3.8) is 0 Å². The summed E-state index contributed by atoms with van der Waals surface area (Å²) in [6.07, 6.45) is 14.0. The van der Waals surface area contributed by atoms with Crippen molar-refractivity contribution in [3.05, 3.63) is 157 Å². The van der Waals surface area contributed by atoms with Crippen LogP contribution in [0.1, 0.15) is 50.5 Å². The van der Waals surface area contributed by atoms with Crippen molar-refractivity contribution in [2.45, 2.75) is 65.2 Å². The van der Waals surface area contributed by atoms with Crippen LogP contribution in [0.15, 0.2) is 121 Å². The normalized spacial score (nSPS) is 15.2. The Labute approximate surface area is 281 Å². The van der Waals surface area contributed by atoms with E-state index in [9.17, 15) is 17.6 Å². The van der Waals surface area contributed by atoms with Crippen LogP contribution >= 0.6 is 0 Å². The van der Waals surface area contributed by atoms with Gasteiger partial charge in [-0.1, -0.05) is 27.7 Å². The van der Waals surface area contributed by atoms with E-state index >= 15 is 0 Å². The summed E-state index contributed by atoms with van der Waals surface area (Å²) in [5.41, 5.74) is 3.82. The van der Waals surface area contributed by atoms with E-state index in [1.54, 1.807) is 21.3 Å². The molecule has 2 heterocycles. The third kappa shape index (κ3) is 10.2. The van der Waals surface area contributed by atoms with Crippen LogP contribution in [0.3, 0.4) is 0 Å². The van der Waals surface area contributed by atoms with Gasteiger partial charge in [0, 0.05) is 22.8 Å². The predicted octanol–water partition coefficient (Wildman–Crippen LogP) is 10.5. The van der Waals surface area contributed by atoms with Gasteiger partial charge in [0.1, 0.15) is 0 Å². The third-order valence-corrected chi connectivity index (χ3v) is 7.15. The molecular formula is C38H42F4N2Ti. The van der Waals surface area contributed by atoms with E-state index in [1.807, 2.05) is 113 Å². The Kier molecular flexibility index (Phi) is 15.4. The minimum atomic E-state index is -2.89. The predicted molar refractivity (Wildman–Crippen MR) is 176 cm³/mol. The number of rotatable bonds is 6. The molecule has 0 saturated carbocycles. The van der Waals surface area contributed by atoms with Gasteiger partial charge in [0.05, 0.1) is 11.4 Å². The Bertz CT molecular complexity index is 1300. The summed E-state index contributed by atoms with van der Waals surface area (Å²) in [7, 11) is 0. The summed E-state index contributed by atoms with van der Waals surface area (Å²) in [5, 5.41) is 0. The number of hydrogen-bond acceptors (Lipinski definition) is 0. The van der Waals surface area contributed by atoms with Crippen LogP contribution in [0.25, 0.3) is 11.4 Å². The Balaban J connectivity index is 0.000000235. The van der Waals surface area contributed by atoms with Crippen molar-refractivity contribution in [1.82, 2.24) is 9.13 Å². The molecule has 2 nitrogen and oxygen atoms in total. The molecule has 0 spiro atoms. The van der Waals surface area contributed by atoms with E-state index in [-0.39, 0.29) is 33.1 Å². The molecule has 0 aliphatic heterocycles. The molecule has 0 radical (unpaired) electrons. The Hall–Kier alpha value is -3.61. The number of nitrogens with zero attached hydrogens (tertiary/aromatic N) is 2. The van der Waals surface area contributed by atoms with E-state index in [1.165, 1.54) is 24.3 Å². The maximum atomic E-state index is 13.9. The Morgan fingerprint density at radius 1 is 0.533 bits per heavy atom. The molecule has 2 aromatic carbocycles. The summed E-state index contributed by atoms with van der Waals surface area (Å²) in [6.45, 7) is 7.91. The van der Waals surface area contributed by atoms with Crippen LogP contribution in [0.2, 0.25) is 0 Å². The quantitative estimate of drug-likeness (QED) is 0.112. The number of aromatic nitrogens is 2. The van der Waals surface area contributed by atoms with Gasteiger partial charge in [0.2, 0.25) is 11.8 Å². The fourth-order valence-corrected chi connectivity index (χ4v) is 4.90. The zero-order valence-corrected chi connectivity index (χ0v) is 28.0. The summed E-state index contributed by atoms with van der Waals surface area (Å²) >= 11 is 0. The zero-order valence-electron chi connectivity index (χ0n) is 26.4. The molecule has 0 unspecified atom stereocenters. The summed E-state index contributed by atoms with van der Waals surface area (Å²) in [5.74, 6) is -5.77. The van der Waals surface area contributed by atoms with E-state index in [4.69, 9.17) is 0 Å². The molecule has 0 bridgehead atoms. The van der Waals surface area contributed by atoms with Gasteiger partial charge in [0.15, 0.2) is 0 Å². The molecule has 7 heteroatoms. The first-order valence-corrected chi connectivity index (χ1v) is 15.1. The van der Waals surface area contributed by atoms with Gasteiger partial charge in [-0.15, -0.1) is 12.2 Å². The number of halogens is 4. The monoisotopic (exact) mass is 650 g/mol. The average Bonchev–Trinajstić information content (AvgIpc) is 3.85. The molecule has 236 valence electrons. The Morgan fingerprint density at radius 2 is 0.822 bits per heavy atom. The SMILES string of the molecule is CCc1ccc(CC)n1C1=CC=C[CH-]C1(F)F.CCc1ccc(CC)n1C1=CC=C[CH-]C1(F)F.[Ti+4].c1cc[cH-]c1.c1cc[cH-]c1. The second-order valence-electron chi connectivity index (χ2n) is 10.1. The first kappa shape index (κ1) is 37.6. The van der Waals surface area contributed by atoms with Crippen LogP contribution in [-0.2, 0) is 47.4 Å². The molecule has 45 heavy (non-hydrogen) atoms. The third-order valence-electron chi connectivity index (χ3n) is 7.15. The average molecular weight is 651 g/mol. The van der Waals surface area contributed by atoms with Crippen LogP contribution in [0.5, 0.6) is 0 Å². The van der Waals surface area contributed by atoms with Gasteiger partial charge >= 0.3 is 21.7 Å². The molecule has 2 aromatic heterocycles. The van der Waals surface area contributed by atoms with Crippen LogP contribution in [0.4, 0.5) is 17.6 Å². The number of hydrogen-bond donors (Lipinski definition) is 0. The van der Waals surface area contributed by atoms with Crippen molar-refractivity contribution in [2.24, 2.45) is 0 Å². The fourth-order valence-electron chi connectivity index (χ4n) is 4.90. The van der Waals surface area contributed by atoms with Gasteiger partial charge in [0.25, 0.3) is 0 Å². The van der Waals surface area contributed by atoms with Crippen LogP contribution < -0.4 is 0 Å². The van der Waals surface area contributed by atoms with Gasteiger partial charge in [-0.2, -0.15) is 49.2 Å². The molecule has 2 aliphatic carbocycles. The van der Waals surface area contributed by atoms with Crippen LogP contribution in [0, 0.1) is 12.8 Å². The second kappa shape index (κ2) is 18.4. The van der Waals surface area contributed by atoms with Crippen molar-refractivity contribution in [3.8, 4) is 0 Å². The molecule has 0 amide bonds. The molecule has 0 atom stereocenters. The summed E-state index contributed by atoms with van der Waals surface area (Å²) in [6, 6.07) is 27.7. The number of allylic oxidation sites excluding steroid dienone is 8. The fraction of sp³-hybridized carbons (Fsp3) is 0.263. The van der Waals surface area contributed by atoms with Crippen LogP contribution in [-0.4, -0.2) is 21.0 Å². The molecule has 0 fully saturated rings. The summed E-state index contributed by atoms with van der Waals surface area (Å²) in [4.78, 5) is 0. The van der Waals surface area contributed by atoms with Gasteiger partial charge in [-0.25, -0.2) is 66.1 Å². The standard InChI is InChI=1S/2C14H16F2N.2C5H5.Ti/c2*1-3-11-8-9-12(4-2)17(11)13-7-5-6-10-14(13,15)16;2*1-2-4-5-3-1;/h2*5-10H,3-4H2,1-2H3;2*1-5H;/q4*-1;+4. The van der Waals surface area contributed by atoms with Crippen molar-refractivity contribution in [2.75, 3.05) is 0 Å². The molecule has 6 rings (SSSR count). The second-order valence-corrected chi connectivity index (χ2v) is 10.1. The summed E-state index contributed by atoms with van der Waals surface area (Å²) < 4.78 is 58.9. The smallest absolute Gasteiger partial charge is 0.319 e. The van der Waals surface area contributed by atoms with Gasteiger partial charge in [-0.05, 0) is 49.9 Å². The molecule has 2 aliphatic rings. The molecule has 0 saturated heterocycles. The van der Waals surface area contributed by atoms with Crippen molar-refractivity contribution in [1.29, 1.82) is 0 Å². The number of aryl methyl sites for hydroxylation is 4. The maximum absolute atomic E-state index is 13.9. The largest absolute Gasteiger partial charge is 4.00 e. The maximum Gasteiger partial charge on any atom is 4.00 e. The zero-order chi connectivity index (χ0) is 32.0. The van der Waals surface area contributed by atoms with E-state index in [0.717, 1.165) is 61.3 Å². The minimum absolute atomic E-state index is 0. The van der Waals surface area contributed by atoms with Gasteiger partial charge in [-0.3, -0.25) is 0 Å². The van der Waals surface area contributed by atoms with E-state index < -0.39 is 11.8 Å². The molecule has 0 N–H and O–H groups in total. The first-order chi connectivity index (χ1) is 21.2. The topological polar surface area (TPSA) is 9.86 Å². The number of alkyl halides is 4. The minimum Gasteiger partial charge on any atom is -0.319 e. The van der Waals surface area contributed by atoms with Gasteiger partial charge < -0.3 is 9.13 Å². The van der Waals surface area contributed by atoms with Crippen molar-refractivity contribution < 1.29 is 39.3 Å². The molecule has 4 aromatic rings. The first-order valence-electron chi connectivity index (χ1n) is 15.1.